The van der Waals surface area contributed by atoms with E-state index in [1.807, 2.05) is 38.1 Å². The molecule has 2 aromatic carbocycles. The fraction of sp³-hybridized carbons (Fsp3) is 0.278. The van der Waals surface area contributed by atoms with Gasteiger partial charge in [-0.2, -0.15) is 0 Å². The average molecular weight is 326 g/mol. The van der Waals surface area contributed by atoms with Gasteiger partial charge in [0.05, 0.1) is 4.92 Å². The Bertz CT molecular complexity index is 803. The third-order valence-corrected chi connectivity index (χ3v) is 4.31. The van der Waals surface area contributed by atoms with E-state index >= 15 is 0 Å². The van der Waals surface area contributed by atoms with Crippen LogP contribution in [-0.4, -0.2) is 16.9 Å². The first-order valence-corrected chi connectivity index (χ1v) is 7.85. The molecule has 0 spiro atoms. The molecule has 124 valence electrons. The molecule has 1 heterocycles. The van der Waals surface area contributed by atoms with E-state index in [9.17, 15) is 14.9 Å². The number of para-hydroxylation sites is 1. The molecule has 1 aliphatic rings. The highest BCUT2D eigenvalue weighted by atomic mass is 16.6. The van der Waals surface area contributed by atoms with E-state index in [4.69, 9.17) is 4.74 Å². The monoisotopic (exact) mass is 326 g/mol. The summed E-state index contributed by atoms with van der Waals surface area (Å²) in [7, 11) is 0. The SMILES string of the molecule is CCc1ccc(NC(=O)C2Oc3ccccc3C2C)cc1[N+](=O)[O-]. The maximum Gasteiger partial charge on any atom is 0.274 e. The van der Waals surface area contributed by atoms with E-state index in [-0.39, 0.29) is 17.5 Å². The Morgan fingerprint density at radius 2 is 2.04 bits per heavy atom. The number of nitro benzene ring substituents is 1. The number of hydrogen-bond donors (Lipinski definition) is 1. The van der Waals surface area contributed by atoms with Crippen LogP contribution < -0.4 is 10.1 Å². The predicted octanol–water partition coefficient (Wildman–Crippen LogP) is 3.66. The summed E-state index contributed by atoms with van der Waals surface area (Å²) >= 11 is 0. The molecular weight excluding hydrogens is 308 g/mol. The third kappa shape index (κ3) is 2.82. The topological polar surface area (TPSA) is 81.5 Å². The van der Waals surface area contributed by atoms with Crippen molar-refractivity contribution in [1.82, 2.24) is 0 Å². The third-order valence-electron chi connectivity index (χ3n) is 4.31. The Labute approximate surface area is 139 Å². The van der Waals surface area contributed by atoms with Gasteiger partial charge in [-0.25, -0.2) is 0 Å². The first kappa shape index (κ1) is 16.0. The summed E-state index contributed by atoms with van der Waals surface area (Å²) in [6, 6.07) is 12.3. The molecule has 6 heteroatoms. The zero-order valence-electron chi connectivity index (χ0n) is 13.5. The van der Waals surface area contributed by atoms with Gasteiger partial charge in [0, 0.05) is 28.8 Å². The van der Waals surface area contributed by atoms with E-state index in [1.165, 1.54) is 6.07 Å². The molecule has 0 aliphatic carbocycles. The van der Waals surface area contributed by atoms with Crippen LogP contribution in [0.3, 0.4) is 0 Å². The van der Waals surface area contributed by atoms with Crippen molar-refractivity contribution < 1.29 is 14.5 Å². The number of fused-ring (bicyclic) bond motifs is 1. The molecule has 1 aliphatic heterocycles. The van der Waals surface area contributed by atoms with Gasteiger partial charge in [0.15, 0.2) is 6.10 Å². The van der Waals surface area contributed by atoms with Crippen LogP contribution >= 0.6 is 0 Å². The fourth-order valence-electron chi connectivity index (χ4n) is 2.97. The van der Waals surface area contributed by atoms with Crippen LogP contribution in [0.4, 0.5) is 11.4 Å². The fourth-order valence-corrected chi connectivity index (χ4v) is 2.97. The normalized spacial score (nSPS) is 18.6. The average Bonchev–Trinajstić information content (AvgIpc) is 2.92. The summed E-state index contributed by atoms with van der Waals surface area (Å²) in [5, 5.41) is 13.9. The predicted molar refractivity (Wildman–Crippen MR) is 90.4 cm³/mol. The molecule has 3 rings (SSSR count). The van der Waals surface area contributed by atoms with Gasteiger partial charge < -0.3 is 10.1 Å². The first-order valence-electron chi connectivity index (χ1n) is 7.85. The molecule has 6 nitrogen and oxygen atoms in total. The molecular formula is C18H18N2O4. The lowest BCUT2D eigenvalue weighted by Crippen LogP contribution is -2.33. The number of carbonyl (C=O) groups excluding carboxylic acids is 1. The van der Waals surface area contributed by atoms with E-state index in [2.05, 4.69) is 5.32 Å². The lowest BCUT2D eigenvalue weighted by atomic mass is 9.97. The minimum atomic E-state index is -0.646. The zero-order valence-corrected chi connectivity index (χ0v) is 13.5. The summed E-state index contributed by atoms with van der Waals surface area (Å²) in [6.45, 7) is 3.78. The lowest BCUT2D eigenvalue weighted by molar-refractivity contribution is -0.385. The number of amides is 1. The van der Waals surface area contributed by atoms with Crippen molar-refractivity contribution in [2.24, 2.45) is 0 Å². The molecule has 2 atom stereocenters. The van der Waals surface area contributed by atoms with E-state index < -0.39 is 11.0 Å². The largest absolute Gasteiger partial charge is 0.480 e. The van der Waals surface area contributed by atoms with Gasteiger partial charge in [-0.3, -0.25) is 14.9 Å². The number of aryl methyl sites for hydroxylation is 1. The van der Waals surface area contributed by atoms with E-state index in [1.54, 1.807) is 12.1 Å². The summed E-state index contributed by atoms with van der Waals surface area (Å²) in [4.78, 5) is 23.2. The van der Waals surface area contributed by atoms with Crippen LogP contribution in [0.5, 0.6) is 5.75 Å². The van der Waals surface area contributed by atoms with Crippen molar-refractivity contribution in [3.63, 3.8) is 0 Å². The Hall–Kier alpha value is -2.89. The van der Waals surface area contributed by atoms with Crippen molar-refractivity contribution in [3.05, 3.63) is 63.7 Å². The Morgan fingerprint density at radius 1 is 1.29 bits per heavy atom. The number of nitrogens with one attached hydrogen (secondary N) is 1. The van der Waals surface area contributed by atoms with Gasteiger partial charge in [-0.15, -0.1) is 0 Å². The number of nitrogens with zero attached hydrogens (tertiary/aromatic N) is 1. The number of anilines is 1. The molecule has 2 unspecified atom stereocenters. The maximum atomic E-state index is 12.5. The van der Waals surface area contributed by atoms with Crippen molar-refractivity contribution in [2.45, 2.75) is 32.3 Å². The van der Waals surface area contributed by atoms with Gasteiger partial charge in [-0.05, 0) is 18.6 Å². The number of carbonyl (C=O) groups is 1. The van der Waals surface area contributed by atoms with Crippen LogP contribution in [-0.2, 0) is 11.2 Å². The molecule has 2 aromatic rings. The highest BCUT2D eigenvalue weighted by Crippen LogP contribution is 2.38. The highest BCUT2D eigenvalue weighted by Gasteiger charge is 2.36. The minimum absolute atomic E-state index is 0.0129. The number of ether oxygens (including phenoxy) is 1. The molecule has 0 aromatic heterocycles. The van der Waals surface area contributed by atoms with Crippen LogP contribution in [0.15, 0.2) is 42.5 Å². The standard InChI is InChI=1S/C18H18N2O4/c1-3-12-8-9-13(10-15(12)20(22)23)19-18(21)17-11(2)14-6-4-5-7-16(14)24-17/h4-11,17H,3H2,1-2H3,(H,19,21). The van der Waals surface area contributed by atoms with Crippen molar-refractivity contribution >= 4 is 17.3 Å². The highest BCUT2D eigenvalue weighted by molar-refractivity contribution is 5.96. The molecule has 1 N–H and O–H groups in total. The zero-order chi connectivity index (χ0) is 17.3. The summed E-state index contributed by atoms with van der Waals surface area (Å²) < 4.78 is 5.73. The van der Waals surface area contributed by atoms with Crippen LogP contribution in [0.1, 0.15) is 30.9 Å². The number of rotatable bonds is 4. The quantitative estimate of drug-likeness (QED) is 0.686. The van der Waals surface area contributed by atoms with Crippen molar-refractivity contribution in [3.8, 4) is 5.75 Å². The Balaban J connectivity index is 1.79. The van der Waals surface area contributed by atoms with Gasteiger partial charge in [0.2, 0.25) is 0 Å². The van der Waals surface area contributed by atoms with Crippen LogP contribution in [0.2, 0.25) is 0 Å². The van der Waals surface area contributed by atoms with Crippen molar-refractivity contribution in [1.29, 1.82) is 0 Å². The Morgan fingerprint density at radius 3 is 2.71 bits per heavy atom. The van der Waals surface area contributed by atoms with Gasteiger partial charge in [0.25, 0.3) is 11.6 Å². The second-order valence-corrected chi connectivity index (χ2v) is 5.81. The van der Waals surface area contributed by atoms with Gasteiger partial charge >= 0.3 is 0 Å². The van der Waals surface area contributed by atoms with Gasteiger partial charge in [-0.1, -0.05) is 38.1 Å². The molecule has 0 fully saturated rings. The molecule has 0 radical (unpaired) electrons. The minimum Gasteiger partial charge on any atom is -0.480 e. The number of benzene rings is 2. The smallest absolute Gasteiger partial charge is 0.274 e. The van der Waals surface area contributed by atoms with Crippen LogP contribution in [0.25, 0.3) is 0 Å². The Kier molecular flexibility index (Phi) is 4.20. The summed E-state index contributed by atoms with van der Waals surface area (Å²) in [5.41, 5.74) is 2.04. The lowest BCUT2D eigenvalue weighted by Gasteiger charge is -2.15. The van der Waals surface area contributed by atoms with E-state index in [0.717, 1.165) is 5.56 Å². The first-order chi connectivity index (χ1) is 11.5. The van der Waals surface area contributed by atoms with Crippen LogP contribution in [0, 0.1) is 10.1 Å². The molecule has 0 saturated carbocycles. The van der Waals surface area contributed by atoms with E-state index in [0.29, 0.717) is 23.4 Å². The van der Waals surface area contributed by atoms with Gasteiger partial charge in [0.1, 0.15) is 5.75 Å². The molecule has 24 heavy (non-hydrogen) atoms. The van der Waals surface area contributed by atoms with Crippen molar-refractivity contribution in [2.75, 3.05) is 5.32 Å². The number of hydrogen-bond acceptors (Lipinski definition) is 4. The maximum absolute atomic E-state index is 12.5. The summed E-state index contributed by atoms with van der Waals surface area (Å²) in [6.07, 6.45) is -0.0879. The molecule has 1 amide bonds. The summed E-state index contributed by atoms with van der Waals surface area (Å²) in [5.74, 6) is 0.320. The molecule has 0 saturated heterocycles. The molecule has 0 bridgehead atoms. The number of nitro groups is 1. The second kappa shape index (κ2) is 6.31. The second-order valence-electron chi connectivity index (χ2n) is 5.81.